The molecule has 0 unspecified atom stereocenters. The summed E-state index contributed by atoms with van der Waals surface area (Å²) in [7, 11) is 0. The summed E-state index contributed by atoms with van der Waals surface area (Å²) in [6, 6.07) is 4.03. The van der Waals surface area contributed by atoms with Crippen LogP contribution in [-0.2, 0) is 4.79 Å². The molecular weight excluding hydrogens is 399 g/mol. The number of hydrogen-bond donors (Lipinski definition) is 1. The number of alkyl halides is 2. The zero-order valence-corrected chi connectivity index (χ0v) is 16.6. The van der Waals surface area contributed by atoms with Crippen molar-refractivity contribution >= 4 is 35.0 Å². The molecule has 0 saturated carbocycles. The van der Waals surface area contributed by atoms with Crippen LogP contribution in [0.2, 0.25) is 10.0 Å². The number of amides is 2. The molecule has 1 aromatic carbocycles. The van der Waals surface area contributed by atoms with E-state index in [0.717, 1.165) is 0 Å². The van der Waals surface area contributed by atoms with E-state index in [1.165, 1.54) is 11.0 Å². The summed E-state index contributed by atoms with van der Waals surface area (Å²) >= 11 is 12.0. The number of likely N-dealkylation sites (N-methyl/N-ethyl adjacent to an activating group) is 1. The predicted molar refractivity (Wildman–Crippen MR) is 102 cm³/mol. The van der Waals surface area contributed by atoms with Crippen molar-refractivity contribution in [1.82, 2.24) is 15.1 Å². The van der Waals surface area contributed by atoms with Gasteiger partial charge in [0.15, 0.2) is 0 Å². The quantitative estimate of drug-likeness (QED) is 0.700. The zero-order chi connectivity index (χ0) is 20.0. The predicted octanol–water partition coefficient (Wildman–Crippen LogP) is 3.30. The molecular formula is C18H23Cl2F2N3O2. The van der Waals surface area contributed by atoms with Crippen LogP contribution in [0.3, 0.4) is 0 Å². The van der Waals surface area contributed by atoms with Crippen LogP contribution in [0.4, 0.5) is 8.78 Å². The maximum absolute atomic E-state index is 12.8. The number of nitrogens with zero attached hydrogens (tertiary/aromatic N) is 2. The number of likely N-dealkylation sites (tertiary alicyclic amines) is 1. The van der Waals surface area contributed by atoms with Gasteiger partial charge in [-0.1, -0.05) is 30.1 Å². The highest BCUT2D eigenvalue weighted by Gasteiger charge is 2.35. The lowest BCUT2D eigenvalue weighted by molar-refractivity contribution is -0.124. The minimum atomic E-state index is -2.41. The molecule has 5 nitrogen and oxygen atoms in total. The van der Waals surface area contributed by atoms with Crippen LogP contribution >= 0.6 is 23.2 Å². The van der Waals surface area contributed by atoms with Gasteiger partial charge in [-0.15, -0.1) is 0 Å². The lowest BCUT2D eigenvalue weighted by Crippen LogP contribution is -2.47. The van der Waals surface area contributed by atoms with E-state index in [4.69, 9.17) is 23.2 Å². The van der Waals surface area contributed by atoms with Crippen LogP contribution in [0.5, 0.6) is 0 Å². The molecule has 1 aliphatic rings. The van der Waals surface area contributed by atoms with Crippen LogP contribution in [-0.4, -0.2) is 66.8 Å². The average Bonchev–Trinajstić information content (AvgIpc) is 3.11. The highest BCUT2D eigenvalue weighted by atomic mass is 35.5. The van der Waals surface area contributed by atoms with Gasteiger partial charge in [-0.2, -0.15) is 0 Å². The SMILES string of the molecule is CCN(CCNC(=O)[C@@H]1CCCN1C(=O)c1cc(Cl)ccc1Cl)CC(F)F. The summed E-state index contributed by atoms with van der Waals surface area (Å²) in [6.07, 6.45) is -1.16. The number of nitrogens with one attached hydrogen (secondary N) is 1. The minimum absolute atomic E-state index is 0.246. The number of carbonyl (C=O) groups excluding carboxylic acids is 2. The molecule has 1 atom stereocenters. The first kappa shape index (κ1) is 21.9. The van der Waals surface area contributed by atoms with Gasteiger partial charge in [0.1, 0.15) is 6.04 Å². The summed E-state index contributed by atoms with van der Waals surface area (Å²) in [5, 5.41) is 3.42. The lowest BCUT2D eigenvalue weighted by atomic mass is 10.1. The van der Waals surface area contributed by atoms with Crippen molar-refractivity contribution in [3.8, 4) is 0 Å². The Morgan fingerprint density at radius 1 is 1.37 bits per heavy atom. The molecule has 1 fully saturated rings. The maximum Gasteiger partial charge on any atom is 0.256 e. The Kier molecular flexibility index (Phi) is 8.26. The van der Waals surface area contributed by atoms with E-state index in [-0.39, 0.29) is 35.5 Å². The van der Waals surface area contributed by atoms with Crippen molar-refractivity contribution in [2.75, 3.05) is 32.7 Å². The molecule has 0 aromatic heterocycles. The first-order valence-electron chi connectivity index (χ1n) is 8.87. The smallest absolute Gasteiger partial charge is 0.256 e. The Bertz CT molecular complexity index is 676. The van der Waals surface area contributed by atoms with Crippen LogP contribution in [0.15, 0.2) is 18.2 Å². The van der Waals surface area contributed by atoms with Crippen molar-refractivity contribution < 1.29 is 18.4 Å². The molecule has 9 heteroatoms. The molecule has 0 bridgehead atoms. The van der Waals surface area contributed by atoms with Crippen LogP contribution < -0.4 is 5.32 Å². The third kappa shape index (κ3) is 6.02. The van der Waals surface area contributed by atoms with Gasteiger partial charge in [-0.25, -0.2) is 8.78 Å². The average molecular weight is 422 g/mol. The molecule has 1 aromatic rings. The van der Waals surface area contributed by atoms with Gasteiger partial charge >= 0.3 is 0 Å². The fraction of sp³-hybridized carbons (Fsp3) is 0.556. The molecule has 2 amide bonds. The summed E-state index contributed by atoms with van der Waals surface area (Å²) in [4.78, 5) is 28.4. The van der Waals surface area contributed by atoms with Gasteiger partial charge in [0.05, 0.1) is 17.1 Å². The van der Waals surface area contributed by atoms with Crippen LogP contribution in [0.25, 0.3) is 0 Å². The molecule has 0 aliphatic carbocycles. The Morgan fingerprint density at radius 2 is 2.11 bits per heavy atom. The first-order valence-corrected chi connectivity index (χ1v) is 9.63. The topological polar surface area (TPSA) is 52.7 Å². The zero-order valence-electron chi connectivity index (χ0n) is 15.1. The summed E-state index contributed by atoms with van der Waals surface area (Å²) in [6.45, 7) is 2.96. The van der Waals surface area contributed by atoms with Gasteiger partial charge in [-0.05, 0) is 37.6 Å². The number of hydrogen-bond acceptors (Lipinski definition) is 3. The second-order valence-electron chi connectivity index (χ2n) is 6.36. The Balaban J connectivity index is 1.95. The van der Waals surface area contributed by atoms with Crippen LogP contribution in [0, 0.1) is 0 Å². The van der Waals surface area contributed by atoms with Gasteiger partial charge in [0, 0.05) is 24.7 Å². The van der Waals surface area contributed by atoms with Crippen molar-refractivity contribution in [3.05, 3.63) is 33.8 Å². The fourth-order valence-corrected chi connectivity index (χ4v) is 3.50. The monoisotopic (exact) mass is 421 g/mol. The van der Waals surface area contributed by atoms with Crippen molar-refractivity contribution in [2.45, 2.75) is 32.2 Å². The second kappa shape index (κ2) is 10.2. The molecule has 1 saturated heterocycles. The maximum atomic E-state index is 12.8. The van der Waals surface area contributed by atoms with Crippen molar-refractivity contribution in [2.24, 2.45) is 0 Å². The highest BCUT2D eigenvalue weighted by Crippen LogP contribution is 2.26. The fourth-order valence-electron chi connectivity index (χ4n) is 3.13. The van der Waals surface area contributed by atoms with E-state index in [1.807, 2.05) is 0 Å². The lowest BCUT2D eigenvalue weighted by Gasteiger charge is -2.25. The van der Waals surface area contributed by atoms with E-state index < -0.39 is 12.5 Å². The van der Waals surface area contributed by atoms with Gasteiger partial charge in [0.2, 0.25) is 5.91 Å². The molecule has 27 heavy (non-hydrogen) atoms. The first-order chi connectivity index (χ1) is 12.8. The molecule has 0 radical (unpaired) electrons. The number of carbonyl (C=O) groups is 2. The van der Waals surface area contributed by atoms with E-state index in [1.54, 1.807) is 24.0 Å². The molecule has 1 N–H and O–H groups in total. The standard InChI is InChI=1S/C18H23Cl2F2N3O2/c1-2-24(11-16(21)22)9-7-23-17(26)15-4-3-8-25(15)18(27)13-10-12(19)5-6-14(13)20/h5-6,10,15-16H,2-4,7-9,11H2,1H3,(H,23,26)/t15-/m0/s1. The molecule has 1 aliphatic heterocycles. The summed E-state index contributed by atoms with van der Waals surface area (Å²) in [5.74, 6) is -0.625. The van der Waals surface area contributed by atoms with Gasteiger partial charge in [0.25, 0.3) is 12.3 Å². The second-order valence-corrected chi connectivity index (χ2v) is 7.20. The Hall–Kier alpha value is -1.44. The molecule has 0 spiro atoms. The van der Waals surface area contributed by atoms with E-state index in [9.17, 15) is 18.4 Å². The summed E-state index contributed by atoms with van der Waals surface area (Å²) < 4.78 is 24.9. The largest absolute Gasteiger partial charge is 0.353 e. The molecule has 2 rings (SSSR count). The van der Waals surface area contributed by atoms with E-state index >= 15 is 0 Å². The third-order valence-corrected chi connectivity index (χ3v) is 5.11. The van der Waals surface area contributed by atoms with E-state index in [0.29, 0.717) is 37.5 Å². The number of benzene rings is 1. The molecule has 150 valence electrons. The normalized spacial score (nSPS) is 17.0. The van der Waals surface area contributed by atoms with Gasteiger partial charge < -0.3 is 10.2 Å². The summed E-state index contributed by atoms with van der Waals surface area (Å²) in [5.41, 5.74) is 0.262. The van der Waals surface area contributed by atoms with E-state index in [2.05, 4.69) is 5.32 Å². The third-order valence-electron chi connectivity index (χ3n) is 4.55. The van der Waals surface area contributed by atoms with Gasteiger partial charge in [-0.3, -0.25) is 14.5 Å². The number of halogens is 4. The number of rotatable bonds is 8. The van der Waals surface area contributed by atoms with Crippen molar-refractivity contribution in [1.29, 1.82) is 0 Å². The molecule has 1 heterocycles. The van der Waals surface area contributed by atoms with Crippen LogP contribution in [0.1, 0.15) is 30.1 Å². The van der Waals surface area contributed by atoms with Crippen molar-refractivity contribution in [3.63, 3.8) is 0 Å². The Morgan fingerprint density at radius 3 is 2.78 bits per heavy atom. The minimum Gasteiger partial charge on any atom is -0.353 e. The Labute approximate surface area is 167 Å². The highest BCUT2D eigenvalue weighted by molar-refractivity contribution is 6.35.